The molecule has 94 valence electrons. The van der Waals surface area contributed by atoms with E-state index in [9.17, 15) is 0 Å². The van der Waals surface area contributed by atoms with Gasteiger partial charge in [-0.2, -0.15) is 0 Å². The van der Waals surface area contributed by atoms with E-state index in [0.29, 0.717) is 11.3 Å². The zero-order chi connectivity index (χ0) is 12.1. The average molecular weight is 272 g/mol. The summed E-state index contributed by atoms with van der Waals surface area (Å²) < 4.78 is 5.57. The van der Waals surface area contributed by atoms with E-state index in [4.69, 9.17) is 16.3 Å². The molecule has 17 heavy (non-hydrogen) atoms. The predicted molar refractivity (Wildman–Crippen MR) is 74.0 cm³/mol. The molecule has 2 nitrogen and oxygen atoms in total. The Balaban J connectivity index is 2.00. The zero-order valence-electron chi connectivity index (χ0n) is 9.99. The lowest BCUT2D eigenvalue weighted by Gasteiger charge is -2.31. The number of ether oxygens (including phenoxy) is 1. The van der Waals surface area contributed by atoms with Gasteiger partial charge >= 0.3 is 0 Å². The maximum absolute atomic E-state index is 6.00. The van der Waals surface area contributed by atoms with Crippen LogP contribution in [0.4, 0.5) is 0 Å². The highest BCUT2D eigenvalue weighted by Gasteiger charge is 2.25. The Kier molecular flexibility index (Phi) is 5.16. The van der Waals surface area contributed by atoms with E-state index in [2.05, 4.69) is 18.3 Å². The molecular weight excluding hydrogens is 254 g/mol. The number of hydrogen-bond acceptors (Lipinski definition) is 3. The molecule has 1 saturated heterocycles. The van der Waals surface area contributed by atoms with Crippen molar-refractivity contribution in [3.05, 3.63) is 29.3 Å². The Bertz CT molecular complexity index is 359. The molecular formula is C13H18ClNOS. The molecule has 0 aliphatic carbocycles. The van der Waals surface area contributed by atoms with Gasteiger partial charge in [-0.15, -0.1) is 11.8 Å². The quantitative estimate of drug-likeness (QED) is 0.909. The molecule has 4 heteroatoms. The maximum Gasteiger partial charge on any atom is 0.0603 e. The van der Waals surface area contributed by atoms with Crippen LogP contribution in [-0.2, 0) is 4.74 Å². The van der Waals surface area contributed by atoms with E-state index >= 15 is 0 Å². The third kappa shape index (κ3) is 3.88. The van der Waals surface area contributed by atoms with Crippen LogP contribution in [0.5, 0.6) is 0 Å². The zero-order valence-corrected chi connectivity index (χ0v) is 11.6. The van der Waals surface area contributed by atoms with Crippen molar-refractivity contribution in [2.45, 2.75) is 29.5 Å². The van der Waals surface area contributed by atoms with Crippen molar-refractivity contribution in [3.63, 3.8) is 0 Å². The van der Waals surface area contributed by atoms with Crippen LogP contribution in [0, 0.1) is 0 Å². The van der Waals surface area contributed by atoms with Crippen LogP contribution < -0.4 is 5.32 Å². The van der Waals surface area contributed by atoms with Crippen LogP contribution in [-0.4, -0.2) is 31.1 Å². The molecule has 0 amide bonds. The summed E-state index contributed by atoms with van der Waals surface area (Å²) in [5.74, 6) is 0. The van der Waals surface area contributed by atoms with Gasteiger partial charge in [-0.05, 0) is 31.2 Å². The van der Waals surface area contributed by atoms with Crippen molar-refractivity contribution < 1.29 is 4.74 Å². The summed E-state index contributed by atoms with van der Waals surface area (Å²) in [7, 11) is 0. The van der Waals surface area contributed by atoms with Crippen molar-refractivity contribution in [2.24, 2.45) is 0 Å². The minimum atomic E-state index is 0.474. The lowest BCUT2D eigenvalue weighted by atomic mass is 10.1. The van der Waals surface area contributed by atoms with Crippen LogP contribution in [0.2, 0.25) is 5.02 Å². The first-order valence-corrected chi connectivity index (χ1v) is 7.28. The first kappa shape index (κ1) is 13.2. The fraction of sp³-hybridized carbons (Fsp3) is 0.538. The third-order valence-corrected chi connectivity index (χ3v) is 4.38. The Hall–Kier alpha value is -0.220. The summed E-state index contributed by atoms with van der Waals surface area (Å²) in [5, 5.41) is 4.81. The van der Waals surface area contributed by atoms with Gasteiger partial charge in [-0.25, -0.2) is 0 Å². The largest absolute Gasteiger partial charge is 0.380 e. The molecule has 1 aliphatic rings. The van der Waals surface area contributed by atoms with Crippen molar-refractivity contribution >= 4 is 23.4 Å². The number of hydrogen-bond donors (Lipinski definition) is 1. The van der Waals surface area contributed by atoms with Gasteiger partial charge in [0.25, 0.3) is 0 Å². The van der Waals surface area contributed by atoms with Crippen molar-refractivity contribution in [1.29, 1.82) is 0 Å². The standard InChI is InChI=1S/C13H18ClNOS/c1-2-15-12-6-7-16-9-13(12)17-11-5-3-4-10(14)8-11/h3-5,8,12-13,15H,2,6-7,9H2,1H3. The Morgan fingerprint density at radius 3 is 3.18 bits per heavy atom. The smallest absolute Gasteiger partial charge is 0.0603 e. The van der Waals surface area contributed by atoms with Crippen LogP contribution in [0.15, 0.2) is 29.2 Å². The Morgan fingerprint density at radius 1 is 1.53 bits per heavy atom. The van der Waals surface area contributed by atoms with E-state index in [0.717, 1.165) is 31.2 Å². The van der Waals surface area contributed by atoms with E-state index in [1.54, 1.807) is 0 Å². The third-order valence-electron chi connectivity index (χ3n) is 2.85. The molecule has 0 aromatic heterocycles. The molecule has 2 rings (SSSR count). The molecule has 0 radical (unpaired) electrons. The molecule has 0 bridgehead atoms. The second-order valence-corrected chi connectivity index (χ2v) is 5.89. The van der Waals surface area contributed by atoms with Gasteiger partial charge in [-0.3, -0.25) is 0 Å². The lowest BCUT2D eigenvalue weighted by molar-refractivity contribution is 0.0837. The summed E-state index contributed by atoms with van der Waals surface area (Å²) in [6.07, 6.45) is 1.09. The fourth-order valence-electron chi connectivity index (χ4n) is 2.04. The fourth-order valence-corrected chi connectivity index (χ4v) is 3.56. The maximum atomic E-state index is 6.00. The first-order valence-electron chi connectivity index (χ1n) is 6.03. The van der Waals surface area contributed by atoms with Crippen LogP contribution in [0.1, 0.15) is 13.3 Å². The summed E-state index contributed by atoms with van der Waals surface area (Å²) in [6, 6.07) is 8.57. The second-order valence-electron chi connectivity index (χ2n) is 4.14. The summed E-state index contributed by atoms with van der Waals surface area (Å²) in [4.78, 5) is 1.22. The predicted octanol–water partition coefficient (Wildman–Crippen LogP) is 3.20. The molecule has 1 aliphatic heterocycles. The summed E-state index contributed by atoms with van der Waals surface area (Å²) in [6.45, 7) is 4.84. The minimum absolute atomic E-state index is 0.474. The van der Waals surface area contributed by atoms with E-state index in [-0.39, 0.29) is 0 Å². The average Bonchev–Trinajstić information content (AvgIpc) is 2.32. The molecule has 1 aromatic rings. The number of benzene rings is 1. The van der Waals surface area contributed by atoms with E-state index in [1.165, 1.54) is 4.90 Å². The Morgan fingerprint density at radius 2 is 2.41 bits per heavy atom. The molecule has 2 unspecified atom stereocenters. The minimum Gasteiger partial charge on any atom is -0.380 e. The summed E-state index contributed by atoms with van der Waals surface area (Å²) >= 11 is 7.85. The molecule has 1 fully saturated rings. The topological polar surface area (TPSA) is 21.3 Å². The molecule has 2 atom stereocenters. The number of nitrogens with one attached hydrogen (secondary N) is 1. The molecule has 1 aromatic carbocycles. The second kappa shape index (κ2) is 6.64. The highest BCUT2D eigenvalue weighted by atomic mass is 35.5. The van der Waals surface area contributed by atoms with Crippen LogP contribution >= 0.6 is 23.4 Å². The van der Waals surface area contributed by atoms with Gasteiger partial charge < -0.3 is 10.1 Å². The Labute approximate surface area is 112 Å². The van der Waals surface area contributed by atoms with Gasteiger partial charge in [-0.1, -0.05) is 24.6 Å². The van der Waals surface area contributed by atoms with Crippen LogP contribution in [0.25, 0.3) is 0 Å². The normalized spacial score (nSPS) is 24.8. The van der Waals surface area contributed by atoms with Gasteiger partial charge in [0, 0.05) is 27.8 Å². The molecule has 0 saturated carbocycles. The number of rotatable bonds is 4. The van der Waals surface area contributed by atoms with Gasteiger partial charge in [0.15, 0.2) is 0 Å². The molecule has 1 N–H and O–H groups in total. The van der Waals surface area contributed by atoms with Crippen molar-refractivity contribution in [3.8, 4) is 0 Å². The lowest BCUT2D eigenvalue weighted by Crippen LogP contribution is -2.44. The van der Waals surface area contributed by atoms with Gasteiger partial charge in [0.1, 0.15) is 0 Å². The van der Waals surface area contributed by atoms with Gasteiger partial charge in [0.05, 0.1) is 6.61 Å². The SMILES string of the molecule is CCNC1CCOCC1Sc1cccc(Cl)c1. The van der Waals surface area contributed by atoms with Gasteiger partial charge in [0.2, 0.25) is 0 Å². The summed E-state index contributed by atoms with van der Waals surface area (Å²) in [5.41, 5.74) is 0. The van der Waals surface area contributed by atoms with Crippen molar-refractivity contribution in [1.82, 2.24) is 5.32 Å². The molecule has 0 spiro atoms. The number of halogens is 1. The first-order chi connectivity index (χ1) is 8.29. The van der Waals surface area contributed by atoms with Crippen LogP contribution in [0.3, 0.4) is 0 Å². The highest BCUT2D eigenvalue weighted by molar-refractivity contribution is 8.00. The molecule has 1 heterocycles. The number of thioether (sulfide) groups is 1. The van der Waals surface area contributed by atoms with E-state index < -0.39 is 0 Å². The highest BCUT2D eigenvalue weighted by Crippen LogP contribution is 2.30. The van der Waals surface area contributed by atoms with E-state index in [1.807, 2.05) is 30.0 Å². The van der Waals surface area contributed by atoms with Crippen molar-refractivity contribution in [2.75, 3.05) is 19.8 Å². The monoisotopic (exact) mass is 271 g/mol.